The van der Waals surface area contributed by atoms with E-state index in [1.807, 2.05) is 36.6 Å². The molecule has 7 heteroatoms. The number of para-hydroxylation sites is 1. The molecule has 0 aliphatic rings. The van der Waals surface area contributed by atoms with Gasteiger partial charge in [0.25, 0.3) is 11.6 Å². The fraction of sp³-hybridized carbons (Fsp3) is 0.111. The van der Waals surface area contributed by atoms with E-state index in [1.54, 1.807) is 17.4 Å². The summed E-state index contributed by atoms with van der Waals surface area (Å²) in [7, 11) is 0. The number of nitrogens with zero attached hydrogens (tertiary/aromatic N) is 2. The summed E-state index contributed by atoms with van der Waals surface area (Å²) in [6.45, 7) is 2.25. The number of amides is 1. The summed E-state index contributed by atoms with van der Waals surface area (Å²) in [5.41, 5.74) is 2.70. The van der Waals surface area contributed by atoms with Crippen molar-refractivity contribution in [2.45, 2.75) is 13.5 Å². The third kappa shape index (κ3) is 3.89. The summed E-state index contributed by atoms with van der Waals surface area (Å²) in [5.74, 6) is -0.466. The van der Waals surface area contributed by atoms with E-state index in [1.165, 1.54) is 18.2 Å². The van der Waals surface area contributed by atoms with Gasteiger partial charge in [0.2, 0.25) is 0 Å². The van der Waals surface area contributed by atoms with Crippen molar-refractivity contribution in [3.05, 3.63) is 80.2 Å². The van der Waals surface area contributed by atoms with E-state index < -0.39 is 10.8 Å². The number of benzene rings is 2. The van der Waals surface area contributed by atoms with Crippen LogP contribution in [0.3, 0.4) is 0 Å². The zero-order chi connectivity index (χ0) is 17.8. The first-order valence-electron chi connectivity index (χ1n) is 7.57. The molecule has 25 heavy (non-hydrogen) atoms. The minimum absolute atomic E-state index is 0.0575. The van der Waals surface area contributed by atoms with Gasteiger partial charge in [-0.3, -0.25) is 14.9 Å². The zero-order valence-corrected chi connectivity index (χ0v) is 14.2. The van der Waals surface area contributed by atoms with Gasteiger partial charge < -0.3 is 5.32 Å². The van der Waals surface area contributed by atoms with Gasteiger partial charge in [-0.1, -0.05) is 36.4 Å². The zero-order valence-electron chi connectivity index (χ0n) is 13.4. The number of thiazole rings is 1. The molecule has 2 aromatic carbocycles. The molecule has 1 heterocycles. The summed E-state index contributed by atoms with van der Waals surface area (Å²) in [5, 5.41) is 16.7. The molecule has 6 nitrogen and oxygen atoms in total. The molecule has 3 aromatic rings. The second-order valence-corrected chi connectivity index (χ2v) is 6.47. The Morgan fingerprint density at radius 1 is 1.20 bits per heavy atom. The van der Waals surface area contributed by atoms with E-state index in [0.717, 1.165) is 21.8 Å². The van der Waals surface area contributed by atoms with E-state index >= 15 is 0 Å². The third-order valence-electron chi connectivity index (χ3n) is 3.67. The van der Waals surface area contributed by atoms with Crippen molar-refractivity contribution in [2.75, 3.05) is 0 Å². The summed E-state index contributed by atoms with van der Waals surface area (Å²) in [6, 6.07) is 13.6. The minimum Gasteiger partial charge on any atom is -0.348 e. The molecule has 0 unspecified atom stereocenters. The van der Waals surface area contributed by atoms with Crippen LogP contribution in [0.1, 0.15) is 20.9 Å². The van der Waals surface area contributed by atoms with Gasteiger partial charge in [-0.05, 0) is 18.6 Å². The van der Waals surface area contributed by atoms with Gasteiger partial charge in [0.15, 0.2) is 0 Å². The van der Waals surface area contributed by atoms with E-state index in [2.05, 4.69) is 10.3 Å². The topological polar surface area (TPSA) is 85.1 Å². The average Bonchev–Trinajstić information content (AvgIpc) is 3.06. The molecule has 0 aliphatic heterocycles. The van der Waals surface area contributed by atoms with E-state index in [0.29, 0.717) is 6.54 Å². The number of carbonyl (C=O) groups excluding carboxylic acids is 1. The number of hydrogen-bond acceptors (Lipinski definition) is 5. The first-order chi connectivity index (χ1) is 12.0. The minimum atomic E-state index is -0.556. The Morgan fingerprint density at radius 2 is 1.92 bits per heavy atom. The highest BCUT2D eigenvalue weighted by Crippen LogP contribution is 2.22. The number of nitrogens with one attached hydrogen (secondary N) is 1. The molecule has 1 amide bonds. The smallest absolute Gasteiger partial charge is 0.282 e. The summed E-state index contributed by atoms with van der Waals surface area (Å²) in [6.07, 6.45) is 0. The van der Waals surface area contributed by atoms with Crippen LogP contribution in [0.5, 0.6) is 0 Å². The van der Waals surface area contributed by atoms with Crippen molar-refractivity contribution in [3.8, 4) is 11.3 Å². The Labute approximate surface area is 148 Å². The summed E-state index contributed by atoms with van der Waals surface area (Å²) < 4.78 is 0. The third-order valence-corrected chi connectivity index (χ3v) is 4.44. The lowest BCUT2D eigenvalue weighted by Gasteiger charge is -2.06. The highest BCUT2D eigenvalue weighted by molar-refractivity contribution is 7.09. The molecule has 0 aliphatic carbocycles. The van der Waals surface area contributed by atoms with Gasteiger partial charge in [0, 0.05) is 23.6 Å². The first-order valence-corrected chi connectivity index (χ1v) is 8.45. The predicted molar refractivity (Wildman–Crippen MR) is 96.6 cm³/mol. The van der Waals surface area contributed by atoms with Crippen LogP contribution in [-0.2, 0) is 6.54 Å². The fourth-order valence-corrected chi connectivity index (χ4v) is 3.01. The summed E-state index contributed by atoms with van der Waals surface area (Å²) in [4.78, 5) is 27.1. The Kier molecular flexibility index (Phi) is 4.85. The molecular weight excluding hydrogens is 338 g/mol. The molecule has 0 spiro atoms. The SMILES string of the molecule is Cc1nc(-c2ccc(CNC(=O)c3ccccc3[N+](=O)[O-])cc2)cs1. The molecule has 0 fully saturated rings. The maximum Gasteiger partial charge on any atom is 0.282 e. The Balaban J connectivity index is 1.68. The number of aromatic nitrogens is 1. The quantitative estimate of drug-likeness (QED) is 0.556. The molecule has 0 atom stereocenters. The van der Waals surface area contributed by atoms with Crippen LogP contribution < -0.4 is 5.32 Å². The Hall–Kier alpha value is -3.06. The van der Waals surface area contributed by atoms with Crippen molar-refractivity contribution < 1.29 is 9.72 Å². The van der Waals surface area contributed by atoms with Crippen molar-refractivity contribution in [1.29, 1.82) is 0 Å². The lowest BCUT2D eigenvalue weighted by atomic mass is 10.1. The largest absolute Gasteiger partial charge is 0.348 e. The highest BCUT2D eigenvalue weighted by atomic mass is 32.1. The molecule has 0 bridgehead atoms. The van der Waals surface area contributed by atoms with Gasteiger partial charge in [-0.2, -0.15) is 0 Å². The molecular formula is C18H15N3O3S. The maximum absolute atomic E-state index is 12.2. The van der Waals surface area contributed by atoms with Crippen LogP contribution in [0.2, 0.25) is 0 Å². The standard InChI is InChI=1S/C18H15N3O3S/c1-12-20-16(11-25-12)14-8-6-13(7-9-14)10-19-18(22)15-4-2-3-5-17(15)21(23)24/h2-9,11H,10H2,1H3,(H,19,22). The lowest BCUT2D eigenvalue weighted by molar-refractivity contribution is -0.385. The molecule has 0 radical (unpaired) electrons. The molecule has 0 saturated heterocycles. The second kappa shape index (κ2) is 7.23. The van der Waals surface area contributed by atoms with Gasteiger partial charge in [-0.25, -0.2) is 4.98 Å². The van der Waals surface area contributed by atoms with Crippen molar-refractivity contribution in [1.82, 2.24) is 10.3 Å². The molecule has 1 aromatic heterocycles. The van der Waals surface area contributed by atoms with Crippen LogP contribution in [-0.4, -0.2) is 15.8 Å². The van der Waals surface area contributed by atoms with Crippen molar-refractivity contribution in [2.24, 2.45) is 0 Å². The van der Waals surface area contributed by atoms with Crippen LogP contribution in [0.15, 0.2) is 53.9 Å². The van der Waals surface area contributed by atoms with E-state index in [-0.39, 0.29) is 11.3 Å². The normalized spacial score (nSPS) is 10.4. The first kappa shape index (κ1) is 16.8. The van der Waals surface area contributed by atoms with E-state index in [9.17, 15) is 14.9 Å². The predicted octanol–water partition coefficient (Wildman–Crippen LogP) is 3.96. The Morgan fingerprint density at radius 3 is 2.56 bits per heavy atom. The number of rotatable bonds is 5. The van der Waals surface area contributed by atoms with Gasteiger partial charge >= 0.3 is 0 Å². The second-order valence-electron chi connectivity index (χ2n) is 5.41. The fourth-order valence-electron chi connectivity index (χ4n) is 2.39. The molecule has 126 valence electrons. The number of hydrogen-bond donors (Lipinski definition) is 1. The van der Waals surface area contributed by atoms with Crippen LogP contribution in [0.25, 0.3) is 11.3 Å². The molecule has 3 rings (SSSR count). The van der Waals surface area contributed by atoms with Crippen LogP contribution in [0, 0.1) is 17.0 Å². The molecule has 0 saturated carbocycles. The highest BCUT2D eigenvalue weighted by Gasteiger charge is 2.18. The number of nitro benzene ring substituents is 1. The van der Waals surface area contributed by atoms with E-state index in [4.69, 9.17) is 0 Å². The van der Waals surface area contributed by atoms with Crippen molar-refractivity contribution in [3.63, 3.8) is 0 Å². The molecule has 1 N–H and O–H groups in total. The van der Waals surface area contributed by atoms with Gasteiger partial charge in [0.1, 0.15) is 5.56 Å². The van der Waals surface area contributed by atoms with Crippen LogP contribution in [0.4, 0.5) is 5.69 Å². The average molecular weight is 353 g/mol. The maximum atomic E-state index is 12.2. The van der Waals surface area contributed by atoms with Crippen LogP contribution >= 0.6 is 11.3 Å². The summed E-state index contributed by atoms with van der Waals surface area (Å²) >= 11 is 1.60. The Bertz CT molecular complexity index is 919. The number of carbonyl (C=O) groups is 1. The van der Waals surface area contributed by atoms with Crippen molar-refractivity contribution >= 4 is 22.9 Å². The lowest BCUT2D eigenvalue weighted by Crippen LogP contribution is -2.23. The van der Waals surface area contributed by atoms with Gasteiger partial charge in [-0.15, -0.1) is 11.3 Å². The number of nitro groups is 1. The number of aryl methyl sites for hydroxylation is 1. The monoisotopic (exact) mass is 353 g/mol. The van der Waals surface area contributed by atoms with Gasteiger partial charge in [0.05, 0.1) is 15.6 Å².